The number of nitrogens with zero attached hydrogens (tertiary/aromatic N) is 1. The molecule has 0 N–H and O–H groups in total. The molecule has 1 aromatic rings. The number of fused-ring (bicyclic) bond motifs is 1. The zero-order chi connectivity index (χ0) is 13.1. The lowest BCUT2D eigenvalue weighted by atomic mass is 9.94. The fraction of sp³-hybridized carbons (Fsp3) is 0.429. The van der Waals surface area contributed by atoms with Crippen molar-refractivity contribution in [1.29, 1.82) is 0 Å². The average Bonchev–Trinajstić information content (AvgIpc) is 2.37. The monoisotopic (exact) mass is 247 g/mol. The number of amides is 1. The van der Waals surface area contributed by atoms with E-state index in [1.807, 2.05) is 24.3 Å². The standard InChI is InChI=1S/C14H17NO3/c1-10(16)15-12(9-14(17)18-2)8-7-11-5-3-4-6-13(11)15/h3-6,12H,7-9H2,1-2H3. The molecule has 0 aliphatic carbocycles. The Morgan fingerprint density at radius 3 is 2.78 bits per heavy atom. The molecule has 4 nitrogen and oxygen atoms in total. The minimum atomic E-state index is -0.273. The first-order valence-corrected chi connectivity index (χ1v) is 6.08. The van der Waals surface area contributed by atoms with Gasteiger partial charge in [0.05, 0.1) is 13.5 Å². The van der Waals surface area contributed by atoms with Crippen LogP contribution in [-0.4, -0.2) is 25.0 Å². The molecule has 1 heterocycles. The van der Waals surface area contributed by atoms with Crippen LogP contribution in [-0.2, 0) is 20.7 Å². The van der Waals surface area contributed by atoms with Crippen molar-refractivity contribution in [3.63, 3.8) is 0 Å². The van der Waals surface area contributed by atoms with Gasteiger partial charge in [0.2, 0.25) is 5.91 Å². The minimum Gasteiger partial charge on any atom is -0.469 e. The lowest BCUT2D eigenvalue weighted by molar-refractivity contribution is -0.141. The molecule has 1 unspecified atom stereocenters. The molecule has 0 radical (unpaired) electrons. The van der Waals surface area contributed by atoms with Gasteiger partial charge in [-0.05, 0) is 24.5 Å². The fourth-order valence-corrected chi connectivity index (χ4v) is 2.50. The second kappa shape index (κ2) is 5.21. The van der Waals surface area contributed by atoms with Crippen LogP contribution in [0.2, 0.25) is 0 Å². The molecule has 0 saturated heterocycles. The second-order valence-electron chi connectivity index (χ2n) is 4.49. The number of hydrogen-bond donors (Lipinski definition) is 0. The van der Waals surface area contributed by atoms with Crippen LogP contribution in [0, 0.1) is 0 Å². The maximum absolute atomic E-state index is 11.8. The number of carbonyl (C=O) groups is 2. The summed E-state index contributed by atoms with van der Waals surface area (Å²) in [5.74, 6) is -0.304. The van der Waals surface area contributed by atoms with E-state index in [4.69, 9.17) is 4.74 Å². The molecule has 1 amide bonds. The predicted octanol–water partition coefficient (Wildman–Crippen LogP) is 1.92. The van der Waals surface area contributed by atoms with Crippen LogP contribution in [0.5, 0.6) is 0 Å². The first-order chi connectivity index (χ1) is 8.63. The Hall–Kier alpha value is -1.84. The largest absolute Gasteiger partial charge is 0.469 e. The van der Waals surface area contributed by atoms with Crippen molar-refractivity contribution in [3.05, 3.63) is 29.8 Å². The highest BCUT2D eigenvalue weighted by Crippen LogP contribution is 2.31. The van der Waals surface area contributed by atoms with E-state index >= 15 is 0 Å². The molecule has 1 aromatic carbocycles. The van der Waals surface area contributed by atoms with Crippen molar-refractivity contribution in [2.24, 2.45) is 0 Å². The van der Waals surface area contributed by atoms with Gasteiger partial charge in [0.15, 0.2) is 0 Å². The first-order valence-electron chi connectivity index (χ1n) is 6.08. The quantitative estimate of drug-likeness (QED) is 0.750. The molecule has 0 bridgehead atoms. The van der Waals surface area contributed by atoms with E-state index in [2.05, 4.69) is 0 Å². The Kier molecular flexibility index (Phi) is 3.65. The predicted molar refractivity (Wildman–Crippen MR) is 68.3 cm³/mol. The summed E-state index contributed by atoms with van der Waals surface area (Å²) in [7, 11) is 1.37. The van der Waals surface area contributed by atoms with Crippen LogP contribution >= 0.6 is 0 Å². The maximum atomic E-state index is 11.8. The zero-order valence-electron chi connectivity index (χ0n) is 10.7. The number of esters is 1. The molecule has 0 saturated carbocycles. The summed E-state index contributed by atoms with van der Waals surface area (Å²) < 4.78 is 4.69. The topological polar surface area (TPSA) is 46.6 Å². The third-order valence-corrected chi connectivity index (χ3v) is 3.33. The highest BCUT2D eigenvalue weighted by molar-refractivity contribution is 5.94. The highest BCUT2D eigenvalue weighted by Gasteiger charge is 2.30. The summed E-state index contributed by atoms with van der Waals surface area (Å²) in [5, 5.41) is 0. The van der Waals surface area contributed by atoms with Gasteiger partial charge in [-0.15, -0.1) is 0 Å². The van der Waals surface area contributed by atoms with E-state index in [0.717, 1.165) is 24.1 Å². The highest BCUT2D eigenvalue weighted by atomic mass is 16.5. The summed E-state index contributed by atoms with van der Waals surface area (Å²) in [6.07, 6.45) is 1.94. The van der Waals surface area contributed by atoms with Crippen molar-refractivity contribution in [1.82, 2.24) is 0 Å². The van der Waals surface area contributed by atoms with Crippen LogP contribution in [0.1, 0.15) is 25.3 Å². The van der Waals surface area contributed by atoms with Gasteiger partial charge in [0.1, 0.15) is 0 Å². The Labute approximate surface area is 107 Å². The molecule has 0 spiro atoms. The van der Waals surface area contributed by atoms with Crippen molar-refractivity contribution in [3.8, 4) is 0 Å². The van der Waals surface area contributed by atoms with E-state index in [9.17, 15) is 9.59 Å². The van der Waals surface area contributed by atoms with Crippen LogP contribution in [0.4, 0.5) is 5.69 Å². The lowest BCUT2D eigenvalue weighted by Gasteiger charge is -2.36. The molecule has 1 aliphatic rings. The SMILES string of the molecule is COC(=O)CC1CCc2ccccc2N1C(C)=O. The number of methoxy groups -OCH3 is 1. The molecular weight excluding hydrogens is 230 g/mol. The number of hydrogen-bond acceptors (Lipinski definition) is 3. The van der Waals surface area contributed by atoms with Crippen LogP contribution in [0.25, 0.3) is 0 Å². The van der Waals surface area contributed by atoms with Crippen LogP contribution in [0.3, 0.4) is 0 Å². The number of ether oxygens (including phenoxy) is 1. The molecule has 1 atom stereocenters. The van der Waals surface area contributed by atoms with E-state index in [-0.39, 0.29) is 24.3 Å². The summed E-state index contributed by atoms with van der Waals surface area (Å²) in [4.78, 5) is 24.9. The number of benzene rings is 1. The smallest absolute Gasteiger partial charge is 0.307 e. The number of anilines is 1. The molecule has 4 heteroatoms. The zero-order valence-corrected chi connectivity index (χ0v) is 10.7. The average molecular weight is 247 g/mol. The Morgan fingerprint density at radius 1 is 1.39 bits per heavy atom. The number of aryl methyl sites for hydroxylation is 1. The van der Waals surface area contributed by atoms with Gasteiger partial charge in [-0.3, -0.25) is 9.59 Å². The fourth-order valence-electron chi connectivity index (χ4n) is 2.50. The third kappa shape index (κ3) is 2.37. The molecule has 96 valence electrons. The second-order valence-corrected chi connectivity index (χ2v) is 4.49. The summed E-state index contributed by atoms with van der Waals surface area (Å²) in [6, 6.07) is 7.75. The van der Waals surface area contributed by atoms with Gasteiger partial charge in [-0.25, -0.2) is 0 Å². The number of para-hydroxylation sites is 1. The van der Waals surface area contributed by atoms with Gasteiger partial charge in [0.25, 0.3) is 0 Å². The Bertz CT molecular complexity index is 470. The number of rotatable bonds is 2. The van der Waals surface area contributed by atoms with E-state index in [0.29, 0.717) is 0 Å². The summed E-state index contributed by atoms with van der Waals surface area (Å²) >= 11 is 0. The van der Waals surface area contributed by atoms with Crippen molar-refractivity contribution in [2.45, 2.75) is 32.2 Å². The third-order valence-electron chi connectivity index (χ3n) is 3.33. The maximum Gasteiger partial charge on any atom is 0.307 e. The van der Waals surface area contributed by atoms with Gasteiger partial charge >= 0.3 is 5.97 Å². The summed E-state index contributed by atoms with van der Waals surface area (Å²) in [6.45, 7) is 1.53. The van der Waals surface area contributed by atoms with Gasteiger partial charge in [-0.2, -0.15) is 0 Å². The Morgan fingerprint density at radius 2 is 2.11 bits per heavy atom. The normalized spacial score (nSPS) is 18.1. The molecule has 0 aromatic heterocycles. The number of carbonyl (C=O) groups excluding carboxylic acids is 2. The molecule has 18 heavy (non-hydrogen) atoms. The Balaban J connectivity index is 2.30. The first kappa shape index (κ1) is 12.6. The summed E-state index contributed by atoms with van der Waals surface area (Å²) in [5.41, 5.74) is 2.08. The van der Waals surface area contributed by atoms with Crippen molar-refractivity contribution in [2.75, 3.05) is 12.0 Å². The molecule has 1 aliphatic heterocycles. The van der Waals surface area contributed by atoms with E-state index in [1.165, 1.54) is 14.0 Å². The molecule has 2 rings (SSSR count). The lowest BCUT2D eigenvalue weighted by Crippen LogP contribution is -2.43. The van der Waals surface area contributed by atoms with E-state index in [1.54, 1.807) is 4.90 Å². The van der Waals surface area contributed by atoms with Crippen molar-refractivity contribution >= 4 is 17.6 Å². The molecular formula is C14H17NO3. The molecule has 0 fully saturated rings. The minimum absolute atomic E-state index is 0.0314. The van der Waals surface area contributed by atoms with E-state index < -0.39 is 0 Å². The van der Waals surface area contributed by atoms with Crippen LogP contribution in [0.15, 0.2) is 24.3 Å². The van der Waals surface area contributed by atoms with Gasteiger partial charge in [-0.1, -0.05) is 18.2 Å². The van der Waals surface area contributed by atoms with Gasteiger partial charge in [0, 0.05) is 18.7 Å². The van der Waals surface area contributed by atoms with Crippen LogP contribution < -0.4 is 4.90 Å². The van der Waals surface area contributed by atoms with Crippen molar-refractivity contribution < 1.29 is 14.3 Å². The van der Waals surface area contributed by atoms with Gasteiger partial charge < -0.3 is 9.64 Å².